The zero-order valence-electron chi connectivity index (χ0n) is 11.0. The molecule has 1 heterocycles. The van der Waals surface area contributed by atoms with Crippen LogP contribution in [0.15, 0.2) is 0 Å². The lowest BCUT2D eigenvalue weighted by Crippen LogP contribution is -2.41. The zero-order valence-corrected chi connectivity index (χ0v) is 11.0. The first kappa shape index (κ1) is 13.9. The van der Waals surface area contributed by atoms with Gasteiger partial charge in [0.05, 0.1) is 0 Å². The maximum absolute atomic E-state index is 5.85. The molecule has 0 spiro atoms. The molecule has 1 fully saturated rings. The van der Waals surface area contributed by atoms with Gasteiger partial charge in [-0.1, -0.05) is 19.8 Å². The minimum absolute atomic E-state index is 0.572. The molecule has 1 saturated heterocycles. The van der Waals surface area contributed by atoms with Crippen molar-refractivity contribution in [3.63, 3.8) is 0 Å². The summed E-state index contributed by atoms with van der Waals surface area (Å²) >= 11 is 0. The van der Waals surface area contributed by atoms with Crippen molar-refractivity contribution in [2.45, 2.75) is 45.1 Å². The second-order valence-corrected chi connectivity index (χ2v) is 5.03. The van der Waals surface area contributed by atoms with E-state index in [-0.39, 0.29) is 0 Å². The number of likely N-dealkylation sites (N-methyl/N-ethyl adjacent to an activating group) is 1. The average Bonchev–Trinajstić information content (AvgIpc) is 2.31. The van der Waals surface area contributed by atoms with E-state index in [1.54, 1.807) is 0 Å². The van der Waals surface area contributed by atoms with Gasteiger partial charge < -0.3 is 15.4 Å². The number of hydrogen-bond acceptors (Lipinski definition) is 3. The van der Waals surface area contributed by atoms with E-state index in [4.69, 9.17) is 10.5 Å². The molecule has 1 rings (SSSR count). The SMILES string of the molecule is CCCCC(CN)N(C)CC1CCOCC1. The molecular formula is C13H28N2O. The Balaban J connectivity index is 2.26. The van der Waals surface area contributed by atoms with Gasteiger partial charge in [0.2, 0.25) is 0 Å². The van der Waals surface area contributed by atoms with Crippen molar-refractivity contribution < 1.29 is 4.74 Å². The highest BCUT2D eigenvalue weighted by molar-refractivity contribution is 4.74. The quantitative estimate of drug-likeness (QED) is 0.723. The summed E-state index contributed by atoms with van der Waals surface area (Å²) < 4.78 is 5.39. The van der Waals surface area contributed by atoms with Crippen LogP contribution >= 0.6 is 0 Å². The van der Waals surface area contributed by atoms with Crippen LogP contribution in [-0.2, 0) is 4.74 Å². The zero-order chi connectivity index (χ0) is 11.8. The Labute approximate surface area is 100 Å². The summed E-state index contributed by atoms with van der Waals surface area (Å²) in [5, 5.41) is 0. The second kappa shape index (κ2) is 8.04. The topological polar surface area (TPSA) is 38.5 Å². The lowest BCUT2D eigenvalue weighted by atomic mass is 9.98. The molecule has 0 aromatic heterocycles. The molecule has 0 saturated carbocycles. The molecule has 0 aromatic rings. The van der Waals surface area contributed by atoms with E-state index in [0.717, 1.165) is 25.7 Å². The molecule has 2 N–H and O–H groups in total. The van der Waals surface area contributed by atoms with Crippen molar-refractivity contribution in [3.05, 3.63) is 0 Å². The fourth-order valence-corrected chi connectivity index (χ4v) is 2.44. The third kappa shape index (κ3) is 4.81. The molecule has 0 aliphatic carbocycles. The molecule has 16 heavy (non-hydrogen) atoms. The predicted molar refractivity (Wildman–Crippen MR) is 68.5 cm³/mol. The van der Waals surface area contributed by atoms with Crippen molar-refractivity contribution in [1.29, 1.82) is 0 Å². The molecule has 0 aromatic carbocycles. The Kier molecular flexibility index (Phi) is 7.01. The molecule has 0 radical (unpaired) electrons. The van der Waals surface area contributed by atoms with Crippen LogP contribution in [0, 0.1) is 5.92 Å². The maximum Gasteiger partial charge on any atom is 0.0469 e. The molecule has 1 aliphatic rings. The summed E-state index contributed by atoms with van der Waals surface area (Å²) in [5.41, 5.74) is 5.85. The number of ether oxygens (including phenoxy) is 1. The Morgan fingerprint density at radius 2 is 2.06 bits per heavy atom. The van der Waals surface area contributed by atoms with Crippen molar-refractivity contribution in [3.8, 4) is 0 Å². The van der Waals surface area contributed by atoms with Gasteiger partial charge in [-0.15, -0.1) is 0 Å². The summed E-state index contributed by atoms with van der Waals surface area (Å²) in [6.45, 7) is 6.11. The lowest BCUT2D eigenvalue weighted by Gasteiger charge is -2.32. The Bertz CT molecular complexity index is 169. The summed E-state index contributed by atoms with van der Waals surface area (Å²) in [6.07, 6.45) is 6.24. The summed E-state index contributed by atoms with van der Waals surface area (Å²) in [6, 6.07) is 0.572. The molecule has 96 valence electrons. The van der Waals surface area contributed by atoms with Crippen LogP contribution in [0.4, 0.5) is 0 Å². The van der Waals surface area contributed by atoms with Gasteiger partial charge >= 0.3 is 0 Å². The van der Waals surface area contributed by atoms with E-state index >= 15 is 0 Å². The first-order valence-electron chi connectivity index (χ1n) is 6.76. The van der Waals surface area contributed by atoms with Gasteiger partial charge in [0.1, 0.15) is 0 Å². The van der Waals surface area contributed by atoms with Crippen molar-refractivity contribution >= 4 is 0 Å². The molecule has 0 bridgehead atoms. The van der Waals surface area contributed by atoms with Gasteiger partial charge in [0, 0.05) is 32.3 Å². The van der Waals surface area contributed by atoms with Crippen LogP contribution in [0.2, 0.25) is 0 Å². The second-order valence-electron chi connectivity index (χ2n) is 5.03. The normalized spacial score (nSPS) is 20.2. The van der Waals surface area contributed by atoms with Crippen LogP contribution in [0.1, 0.15) is 39.0 Å². The summed E-state index contributed by atoms with van der Waals surface area (Å²) in [5.74, 6) is 0.814. The first-order chi connectivity index (χ1) is 7.77. The van der Waals surface area contributed by atoms with E-state index in [1.165, 1.54) is 38.6 Å². The van der Waals surface area contributed by atoms with E-state index in [2.05, 4.69) is 18.9 Å². The van der Waals surface area contributed by atoms with E-state index < -0.39 is 0 Å². The van der Waals surface area contributed by atoms with Crippen molar-refractivity contribution in [2.24, 2.45) is 11.7 Å². The number of hydrogen-bond donors (Lipinski definition) is 1. The molecular weight excluding hydrogens is 200 g/mol. The molecule has 1 atom stereocenters. The van der Waals surface area contributed by atoms with Gasteiger partial charge in [-0.05, 0) is 32.2 Å². The highest BCUT2D eigenvalue weighted by Gasteiger charge is 2.19. The van der Waals surface area contributed by atoms with Crippen LogP contribution in [0.3, 0.4) is 0 Å². The monoisotopic (exact) mass is 228 g/mol. The van der Waals surface area contributed by atoms with Gasteiger partial charge in [-0.2, -0.15) is 0 Å². The number of unbranched alkanes of at least 4 members (excludes halogenated alkanes) is 1. The Morgan fingerprint density at radius 1 is 1.38 bits per heavy atom. The third-order valence-corrected chi connectivity index (χ3v) is 3.67. The highest BCUT2D eigenvalue weighted by Crippen LogP contribution is 2.17. The Morgan fingerprint density at radius 3 is 2.62 bits per heavy atom. The van der Waals surface area contributed by atoms with Gasteiger partial charge in [0.15, 0.2) is 0 Å². The Hall–Kier alpha value is -0.120. The largest absolute Gasteiger partial charge is 0.381 e. The number of nitrogens with zero attached hydrogens (tertiary/aromatic N) is 1. The maximum atomic E-state index is 5.85. The number of nitrogens with two attached hydrogens (primary N) is 1. The van der Waals surface area contributed by atoms with Gasteiger partial charge in [-0.25, -0.2) is 0 Å². The highest BCUT2D eigenvalue weighted by atomic mass is 16.5. The average molecular weight is 228 g/mol. The fraction of sp³-hybridized carbons (Fsp3) is 1.00. The van der Waals surface area contributed by atoms with E-state index in [1.807, 2.05) is 0 Å². The standard InChI is InChI=1S/C13H28N2O/c1-3-4-5-13(10-14)15(2)11-12-6-8-16-9-7-12/h12-13H,3-11,14H2,1-2H3. The molecule has 1 aliphatic heterocycles. The minimum atomic E-state index is 0.572. The van der Waals surface area contributed by atoms with Gasteiger partial charge in [-0.3, -0.25) is 0 Å². The molecule has 0 amide bonds. The molecule has 1 unspecified atom stereocenters. The summed E-state index contributed by atoms with van der Waals surface area (Å²) in [7, 11) is 2.22. The fourth-order valence-electron chi connectivity index (χ4n) is 2.44. The molecule has 3 heteroatoms. The van der Waals surface area contributed by atoms with Gasteiger partial charge in [0.25, 0.3) is 0 Å². The summed E-state index contributed by atoms with van der Waals surface area (Å²) in [4.78, 5) is 2.46. The van der Waals surface area contributed by atoms with E-state index in [9.17, 15) is 0 Å². The molecule has 3 nitrogen and oxygen atoms in total. The van der Waals surface area contributed by atoms with Crippen molar-refractivity contribution in [1.82, 2.24) is 4.90 Å². The van der Waals surface area contributed by atoms with Crippen LogP contribution in [0.5, 0.6) is 0 Å². The predicted octanol–water partition coefficient (Wildman–Crippen LogP) is 1.86. The smallest absolute Gasteiger partial charge is 0.0469 e. The van der Waals surface area contributed by atoms with Crippen LogP contribution in [-0.4, -0.2) is 44.3 Å². The minimum Gasteiger partial charge on any atom is -0.381 e. The van der Waals surface area contributed by atoms with Crippen LogP contribution < -0.4 is 5.73 Å². The lowest BCUT2D eigenvalue weighted by molar-refractivity contribution is 0.0501. The number of rotatable bonds is 7. The van der Waals surface area contributed by atoms with E-state index in [0.29, 0.717) is 6.04 Å². The first-order valence-corrected chi connectivity index (χ1v) is 6.76. The van der Waals surface area contributed by atoms with Crippen molar-refractivity contribution in [2.75, 3.05) is 33.4 Å². The third-order valence-electron chi connectivity index (χ3n) is 3.67. The van der Waals surface area contributed by atoms with Crippen LogP contribution in [0.25, 0.3) is 0 Å².